The molecule has 2 rings (SSSR count). The number of thioether (sulfide) groups is 1. The van der Waals surface area contributed by atoms with Gasteiger partial charge in [0.15, 0.2) is 4.34 Å². The van der Waals surface area contributed by atoms with Crippen molar-refractivity contribution >= 4 is 56.0 Å². The van der Waals surface area contributed by atoms with Crippen molar-refractivity contribution in [1.82, 2.24) is 10.2 Å². The van der Waals surface area contributed by atoms with Gasteiger partial charge in [0.05, 0.1) is 11.3 Å². The lowest BCUT2D eigenvalue weighted by Gasteiger charge is -2.04. The summed E-state index contributed by atoms with van der Waals surface area (Å²) in [6.07, 6.45) is 0. The Labute approximate surface area is 135 Å². The van der Waals surface area contributed by atoms with E-state index in [0.717, 1.165) is 23.1 Å². The van der Waals surface area contributed by atoms with Crippen molar-refractivity contribution in [2.75, 3.05) is 11.1 Å². The standard InChI is InChI=1S/C11H8BrN3O4S2/c12-5-1-2-7(16)6(3-5)9(19)13-10-14-15-11(21-10)20-4-8(17)18/h1-3,16H,4H2,(H,17,18)(H,13,14,19). The molecule has 3 N–H and O–H groups in total. The number of anilines is 1. The van der Waals surface area contributed by atoms with Crippen molar-refractivity contribution in [2.45, 2.75) is 4.34 Å². The number of aromatic hydroxyl groups is 1. The molecule has 0 saturated carbocycles. The van der Waals surface area contributed by atoms with E-state index in [-0.39, 0.29) is 22.2 Å². The van der Waals surface area contributed by atoms with E-state index in [1.165, 1.54) is 12.1 Å². The summed E-state index contributed by atoms with van der Waals surface area (Å²) in [6, 6.07) is 4.48. The highest BCUT2D eigenvalue weighted by molar-refractivity contribution is 9.10. The molecule has 0 radical (unpaired) electrons. The molecular formula is C11H8BrN3O4S2. The van der Waals surface area contributed by atoms with E-state index in [1.54, 1.807) is 6.07 Å². The summed E-state index contributed by atoms with van der Waals surface area (Å²) in [4.78, 5) is 22.5. The number of carbonyl (C=O) groups is 2. The molecule has 21 heavy (non-hydrogen) atoms. The molecule has 0 aliphatic rings. The lowest BCUT2D eigenvalue weighted by Crippen LogP contribution is -2.11. The van der Waals surface area contributed by atoms with Gasteiger partial charge >= 0.3 is 5.97 Å². The molecule has 2 aromatic rings. The molecule has 1 amide bonds. The van der Waals surface area contributed by atoms with Crippen LogP contribution in [0.3, 0.4) is 0 Å². The monoisotopic (exact) mass is 389 g/mol. The second-order valence-electron chi connectivity index (χ2n) is 3.67. The van der Waals surface area contributed by atoms with E-state index < -0.39 is 11.9 Å². The van der Waals surface area contributed by atoms with Crippen LogP contribution in [0.25, 0.3) is 0 Å². The first kappa shape index (κ1) is 15.7. The molecule has 110 valence electrons. The van der Waals surface area contributed by atoms with E-state index in [0.29, 0.717) is 8.81 Å². The van der Waals surface area contributed by atoms with Crippen LogP contribution in [0.2, 0.25) is 0 Å². The maximum atomic E-state index is 12.0. The van der Waals surface area contributed by atoms with Gasteiger partial charge in [0.25, 0.3) is 5.91 Å². The van der Waals surface area contributed by atoms with Gasteiger partial charge < -0.3 is 10.2 Å². The van der Waals surface area contributed by atoms with Crippen molar-refractivity contribution in [3.8, 4) is 5.75 Å². The number of hydrogen-bond acceptors (Lipinski definition) is 7. The number of amides is 1. The first-order chi connectivity index (χ1) is 9.95. The average molecular weight is 390 g/mol. The number of carboxylic acid groups (broad SMARTS) is 1. The molecule has 0 fully saturated rings. The number of benzene rings is 1. The van der Waals surface area contributed by atoms with Gasteiger partial charge in [-0.15, -0.1) is 10.2 Å². The molecular weight excluding hydrogens is 382 g/mol. The predicted molar refractivity (Wildman–Crippen MR) is 82.0 cm³/mol. The van der Waals surface area contributed by atoms with Crippen LogP contribution in [0.4, 0.5) is 5.13 Å². The Hall–Kier alpha value is -1.65. The Bertz CT molecular complexity index is 692. The number of phenols is 1. The molecule has 1 heterocycles. The molecule has 1 aromatic heterocycles. The second-order valence-corrected chi connectivity index (χ2v) is 6.79. The minimum Gasteiger partial charge on any atom is -0.507 e. The van der Waals surface area contributed by atoms with Crippen molar-refractivity contribution in [2.24, 2.45) is 0 Å². The molecule has 0 unspecified atom stereocenters. The zero-order chi connectivity index (χ0) is 15.4. The van der Waals surface area contributed by atoms with E-state index in [2.05, 4.69) is 31.4 Å². The molecule has 0 spiro atoms. The highest BCUT2D eigenvalue weighted by Crippen LogP contribution is 2.27. The molecule has 0 atom stereocenters. The molecule has 1 aromatic carbocycles. The number of aliphatic carboxylic acids is 1. The van der Waals surface area contributed by atoms with Crippen molar-refractivity contribution in [3.63, 3.8) is 0 Å². The molecule has 7 nitrogen and oxygen atoms in total. The minimum atomic E-state index is -0.958. The number of aromatic nitrogens is 2. The van der Waals surface area contributed by atoms with Crippen LogP contribution in [0, 0.1) is 0 Å². The fraction of sp³-hybridized carbons (Fsp3) is 0.0909. The Morgan fingerprint density at radius 1 is 1.38 bits per heavy atom. The first-order valence-electron chi connectivity index (χ1n) is 5.43. The van der Waals surface area contributed by atoms with Gasteiger partial charge in [-0.25, -0.2) is 0 Å². The topological polar surface area (TPSA) is 112 Å². The number of nitrogens with zero attached hydrogens (tertiary/aromatic N) is 2. The smallest absolute Gasteiger partial charge is 0.313 e. The number of rotatable bonds is 5. The molecule has 0 aliphatic carbocycles. The van der Waals surface area contributed by atoms with E-state index >= 15 is 0 Å². The Kier molecular flexibility index (Phi) is 5.15. The third kappa shape index (κ3) is 4.41. The van der Waals surface area contributed by atoms with Crippen LogP contribution in [0.1, 0.15) is 10.4 Å². The molecule has 0 saturated heterocycles. The van der Waals surface area contributed by atoms with Crippen molar-refractivity contribution in [1.29, 1.82) is 0 Å². The fourth-order valence-electron chi connectivity index (χ4n) is 1.30. The lowest BCUT2D eigenvalue weighted by atomic mass is 10.2. The van der Waals surface area contributed by atoms with E-state index in [9.17, 15) is 14.7 Å². The van der Waals surface area contributed by atoms with Crippen molar-refractivity contribution in [3.05, 3.63) is 28.2 Å². The number of carboxylic acids is 1. The van der Waals surface area contributed by atoms with Gasteiger partial charge in [-0.3, -0.25) is 14.9 Å². The minimum absolute atomic E-state index is 0.0966. The number of hydrogen-bond donors (Lipinski definition) is 3. The number of halogens is 1. The summed E-state index contributed by atoms with van der Waals surface area (Å²) in [5, 5.41) is 28.4. The number of nitrogens with one attached hydrogen (secondary N) is 1. The van der Waals surface area contributed by atoms with Gasteiger partial charge in [0.1, 0.15) is 5.75 Å². The summed E-state index contributed by atoms with van der Waals surface area (Å²) in [7, 11) is 0. The highest BCUT2D eigenvalue weighted by atomic mass is 79.9. The van der Waals surface area contributed by atoms with Crippen LogP contribution in [0.5, 0.6) is 5.75 Å². The van der Waals surface area contributed by atoms with Crippen LogP contribution in [0.15, 0.2) is 27.0 Å². The van der Waals surface area contributed by atoms with E-state index in [1.807, 2.05) is 0 Å². The fourth-order valence-corrected chi connectivity index (χ4v) is 3.12. The SMILES string of the molecule is O=C(O)CSc1nnc(NC(=O)c2cc(Br)ccc2O)s1. The number of phenolic OH excluding ortho intramolecular Hbond substituents is 1. The largest absolute Gasteiger partial charge is 0.507 e. The van der Waals surface area contributed by atoms with Crippen LogP contribution >= 0.6 is 39.0 Å². The summed E-state index contributed by atoms with van der Waals surface area (Å²) < 4.78 is 1.09. The van der Waals surface area contributed by atoms with Gasteiger partial charge in [0.2, 0.25) is 5.13 Å². The average Bonchev–Trinajstić information content (AvgIpc) is 2.86. The molecule has 0 aliphatic heterocycles. The summed E-state index contributed by atoms with van der Waals surface area (Å²) in [5.41, 5.74) is 0.0966. The third-order valence-electron chi connectivity index (χ3n) is 2.15. The maximum absolute atomic E-state index is 12.0. The summed E-state index contributed by atoms with van der Waals surface area (Å²) in [6.45, 7) is 0. The zero-order valence-electron chi connectivity index (χ0n) is 10.2. The van der Waals surface area contributed by atoms with Crippen LogP contribution < -0.4 is 5.32 Å². The van der Waals surface area contributed by atoms with Gasteiger partial charge in [0, 0.05) is 4.47 Å². The van der Waals surface area contributed by atoms with Crippen LogP contribution in [-0.4, -0.2) is 38.0 Å². The zero-order valence-corrected chi connectivity index (χ0v) is 13.5. The summed E-state index contributed by atoms with van der Waals surface area (Å²) >= 11 is 5.29. The van der Waals surface area contributed by atoms with Gasteiger partial charge in [-0.2, -0.15) is 0 Å². The first-order valence-corrected chi connectivity index (χ1v) is 8.03. The highest BCUT2D eigenvalue weighted by Gasteiger charge is 2.15. The normalized spacial score (nSPS) is 10.3. The van der Waals surface area contributed by atoms with Crippen molar-refractivity contribution < 1.29 is 19.8 Å². The third-order valence-corrected chi connectivity index (χ3v) is 4.60. The number of carbonyl (C=O) groups excluding carboxylic acids is 1. The summed E-state index contributed by atoms with van der Waals surface area (Å²) in [5.74, 6) is -1.77. The van der Waals surface area contributed by atoms with Crippen LogP contribution in [-0.2, 0) is 4.79 Å². The Morgan fingerprint density at radius 2 is 2.14 bits per heavy atom. The maximum Gasteiger partial charge on any atom is 0.313 e. The molecule has 0 bridgehead atoms. The second kappa shape index (κ2) is 6.87. The van der Waals surface area contributed by atoms with E-state index in [4.69, 9.17) is 5.11 Å². The Balaban J connectivity index is 2.06. The quantitative estimate of drug-likeness (QED) is 0.531. The Morgan fingerprint density at radius 3 is 2.86 bits per heavy atom. The van der Waals surface area contributed by atoms with Gasteiger partial charge in [-0.05, 0) is 18.2 Å². The molecule has 10 heteroatoms. The lowest BCUT2D eigenvalue weighted by molar-refractivity contribution is -0.133. The van der Waals surface area contributed by atoms with Gasteiger partial charge in [-0.1, -0.05) is 39.0 Å². The predicted octanol–water partition coefficient (Wildman–Crippen LogP) is 2.44.